The normalized spacial score (nSPS) is 16.6. The van der Waals surface area contributed by atoms with Crippen molar-refractivity contribution >= 4 is 16.0 Å². The van der Waals surface area contributed by atoms with Gasteiger partial charge in [-0.15, -0.1) is 0 Å². The van der Waals surface area contributed by atoms with E-state index < -0.39 is 38.3 Å². The minimum Gasteiger partial charge on any atom is -0.480 e. The Balaban J connectivity index is 3.24. The van der Waals surface area contributed by atoms with E-state index in [4.69, 9.17) is 5.11 Å². The van der Waals surface area contributed by atoms with Gasteiger partial charge < -0.3 is 10.2 Å². The van der Waals surface area contributed by atoms with Crippen LogP contribution in [0.1, 0.15) is 13.8 Å². The molecule has 19 heavy (non-hydrogen) atoms. The number of halogens is 1. The fourth-order valence-electron chi connectivity index (χ4n) is 1.30. The number of benzene rings is 1. The molecule has 0 aromatic heterocycles. The number of nitrogens with one attached hydrogen (secondary N) is 1. The number of hydrogen-bond donors (Lipinski definition) is 3. The number of aliphatic hydroxyl groups excluding tert-OH is 1. The fraction of sp³-hybridized carbons (Fsp3) is 0.364. The molecule has 1 aromatic carbocycles. The van der Waals surface area contributed by atoms with E-state index >= 15 is 0 Å². The number of aliphatic carboxylic acids is 1. The summed E-state index contributed by atoms with van der Waals surface area (Å²) in [6.45, 7) is 2.12. The van der Waals surface area contributed by atoms with Crippen LogP contribution in [0, 0.1) is 5.82 Å². The summed E-state index contributed by atoms with van der Waals surface area (Å²) >= 11 is 0. The lowest BCUT2D eigenvalue weighted by Gasteiger charge is -2.28. The highest BCUT2D eigenvalue weighted by atomic mass is 32.2. The SMILES string of the molecule is CC(O)C(C)(NS(=O)(=O)c1ccccc1F)C(=O)O. The molecule has 0 saturated heterocycles. The van der Waals surface area contributed by atoms with Crippen LogP contribution >= 0.6 is 0 Å². The largest absolute Gasteiger partial charge is 0.480 e. The minimum atomic E-state index is -4.40. The van der Waals surface area contributed by atoms with Gasteiger partial charge in [-0.3, -0.25) is 4.79 Å². The molecule has 0 aliphatic carbocycles. The van der Waals surface area contributed by atoms with Crippen LogP contribution in [-0.2, 0) is 14.8 Å². The molecule has 0 amide bonds. The summed E-state index contributed by atoms with van der Waals surface area (Å²) in [4.78, 5) is 10.4. The van der Waals surface area contributed by atoms with Gasteiger partial charge in [0, 0.05) is 0 Å². The molecule has 0 heterocycles. The van der Waals surface area contributed by atoms with Gasteiger partial charge in [0.05, 0.1) is 6.10 Å². The van der Waals surface area contributed by atoms with E-state index in [9.17, 15) is 22.7 Å². The lowest BCUT2D eigenvalue weighted by molar-refractivity contribution is -0.147. The Morgan fingerprint density at radius 3 is 2.37 bits per heavy atom. The second-order valence-corrected chi connectivity index (χ2v) is 5.87. The van der Waals surface area contributed by atoms with Gasteiger partial charge in [-0.25, -0.2) is 12.8 Å². The Morgan fingerprint density at radius 2 is 1.95 bits per heavy atom. The van der Waals surface area contributed by atoms with Gasteiger partial charge in [0.25, 0.3) is 0 Å². The van der Waals surface area contributed by atoms with Gasteiger partial charge in [0.15, 0.2) is 5.54 Å². The van der Waals surface area contributed by atoms with Crippen LogP contribution in [0.5, 0.6) is 0 Å². The van der Waals surface area contributed by atoms with Crippen LogP contribution < -0.4 is 4.72 Å². The highest BCUT2D eigenvalue weighted by Gasteiger charge is 2.42. The number of rotatable bonds is 5. The molecule has 2 unspecified atom stereocenters. The summed E-state index contributed by atoms with van der Waals surface area (Å²) in [5.41, 5.74) is -2.15. The Labute approximate surface area is 109 Å². The first-order chi connectivity index (χ1) is 8.61. The van der Waals surface area contributed by atoms with Gasteiger partial charge in [0.2, 0.25) is 10.0 Å². The molecule has 3 N–H and O–H groups in total. The first kappa shape index (κ1) is 15.5. The molecule has 1 rings (SSSR count). The molecule has 6 nitrogen and oxygen atoms in total. The zero-order valence-electron chi connectivity index (χ0n) is 10.3. The average Bonchev–Trinajstić information content (AvgIpc) is 2.28. The average molecular weight is 291 g/mol. The molecule has 1 aromatic rings. The highest BCUT2D eigenvalue weighted by Crippen LogP contribution is 2.19. The van der Waals surface area contributed by atoms with Crippen molar-refractivity contribution in [2.45, 2.75) is 30.4 Å². The van der Waals surface area contributed by atoms with Crippen LogP contribution in [0.25, 0.3) is 0 Å². The molecule has 2 atom stereocenters. The van der Waals surface area contributed by atoms with Gasteiger partial charge in [-0.1, -0.05) is 12.1 Å². The summed E-state index contributed by atoms with van der Waals surface area (Å²) in [5.74, 6) is -2.57. The van der Waals surface area contributed by atoms with Crippen LogP contribution in [0.15, 0.2) is 29.2 Å². The van der Waals surface area contributed by atoms with Crippen molar-refractivity contribution in [3.05, 3.63) is 30.1 Å². The molecule has 0 aliphatic rings. The summed E-state index contributed by atoms with van der Waals surface area (Å²) in [5, 5.41) is 18.4. The maximum Gasteiger partial charge on any atom is 0.327 e. The van der Waals surface area contributed by atoms with Crippen molar-refractivity contribution in [3.8, 4) is 0 Å². The van der Waals surface area contributed by atoms with E-state index in [2.05, 4.69) is 0 Å². The number of carboxylic acid groups (broad SMARTS) is 1. The maximum atomic E-state index is 13.4. The monoisotopic (exact) mass is 291 g/mol. The molecule has 0 aliphatic heterocycles. The predicted octanol–water partition coefficient (Wildman–Crippen LogP) is 0.328. The van der Waals surface area contributed by atoms with Crippen molar-refractivity contribution in [1.82, 2.24) is 4.72 Å². The lowest BCUT2D eigenvalue weighted by Crippen LogP contribution is -2.58. The summed E-state index contributed by atoms with van der Waals surface area (Å²) in [6, 6.07) is 4.55. The summed E-state index contributed by atoms with van der Waals surface area (Å²) < 4.78 is 39.1. The lowest BCUT2D eigenvalue weighted by atomic mass is 9.98. The highest BCUT2D eigenvalue weighted by molar-refractivity contribution is 7.89. The van der Waals surface area contributed by atoms with Crippen molar-refractivity contribution in [3.63, 3.8) is 0 Å². The first-order valence-corrected chi connectivity index (χ1v) is 6.79. The van der Waals surface area contributed by atoms with E-state index in [0.29, 0.717) is 0 Å². The third-order valence-electron chi connectivity index (χ3n) is 2.75. The molecule has 0 saturated carbocycles. The molecule has 0 spiro atoms. The van der Waals surface area contributed by atoms with Crippen LogP contribution in [0.3, 0.4) is 0 Å². The third kappa shape index (κ3) is 3.09. The Bertz CT molecular complexity index is 587. The molecular weight excluding hydrogens is 277 g/mol. The number of carbonyl (C=O) groups is 1. The van der Waals surface area contributed by atoms with E-state index in [0.717, 1.165) is 26.0 Å². The van der Waals surface area contributed by atoms with Gasteiger partial charge in [0.1, 0.15) is 10.7 Å². The Hall–Kier alpha value is -1.51. The predicted molar refractivity (Wildman–Crippen MR) is 64.4 cm³/mol. The number of sulfonamides is 1. The zero-order chi connectivity index (χ0) is 14.8. The van der Waals surface area contributed by atoms with Crippen molar-refractivity contribution in [2.24, 2.45) is 0 Å². The van der Waals surface area contributed by atoms with E-state index in [-0.39, 0.29) is 0 Å². The molecule has 0 bridgehead atoms. The molecule has 0 radical (unpaired) electrons. The van der Waals surface area contributed by atoms with Crippen molar-refractivity contribution in [2.75, 3.05) is 0 Å². The van der Waals surface area contributed by atoms with Crippen LogP contribution in [0.4, 0.5) is 4.39 Å². The van der Waals surface area contributed by atoms with Crippen LogP contribution in [-0.4, -0.2) is 36.2 Å². The zero-order valence-corrected chi connectivity index (χ0v) is 11.1. The number of carboxylic acids is 1. The fourth-order valence-corrected chi connectivity index (χ4v) is 2.81. The topological polar surface area (TPSA) is 104 Å². The minimum absolute atomic E-state index is 0.678. The summed E-state index contributed by atoms with van der Waals surface area (Å²) in [6.07, 6.45) is -1.51. The third-order valence-corrected chi connectivity index (χ3v) is 4.36. The molecule has 8 heteroatoms. The number of hydrogen-bond acceptors (Lipinski definition) is 4. The summed E-state index contributed by atoms with van der Waals surface area (Å²) in [7, 11) is -4.40. The quantitative estimate of drug-likeness (QED) is 0.725. The standard InChI is InChI=1S/C11H14FNO5S/c1-7(14)11(2,10(15)16)13-19(17,18)9-6-4-3-5-8(9)12/h3-7,13-14H,1-2H3,(H,15,16). The van der Waals surface area contributed by atoms with Crippen LogP contribution in [0.2, 0.25) is 0 Å². The van der Waals surface area contributed by atoms with Gasteiger partial charge in [-0.2, -0.15) is 4.72 Å². The van der Waals surface area contributed by atoms with E-state index in [1.165, 1.54) is 12.1 Å². The molecular formula is C11H14FNO5S. The van der Waals surface area contributed by atoms with Crippen molar-refractivity contribution in [1.29, 1.82) is 0 Å². The second kappa shape index (κ2) is 5.24. The maximum absolute atomic E-state index is 13.4. The molecule has 106 valence electrons. The Kier molecular flexibility index (Phi) is 4.28. The van der Waals surface area contributed by atoms with E-state index in [1.807, 2.05) is 4.72 Å². The van der Waals surface area contributed by atoms with Crippen molar-refractivity contribution < 1.29 is 27.8 Å². The first-order valence-electron chi connectivity index (χ1n) is 5.31. The molecule has 0 fully saturated rings. The van der Waals surface area contributed by atoms with Gasteiger partial charge in [-0.05, 0) is 26.0 Å². The number of aliphatic hydroxyl groups is 1. The van der Waals surface area contributed by atoms with Gasteiger partial charge >= 0.3 is 5.97 Å². The second-order valence-electron chi connectivity index (χ2n) is 4.22. The Morgan fingerprint density at radius 1 is 1.42 bits per heavy atom. The smallest absolute Gasteiger partial charge is 0.327 e. The van der Waals surface area contributed by atoms with E-state index in [1.54, 1.807) is 0 Å².